The Balaban J connectivity index is 1.30. The van der Waals surface area contributed by atoms with E-state index in [0.717, 1.165) is 113 Å². The molecule has 0 aromatic carbocycles. The maximum atomic E-state index is 13.8. The number of fused-ring (bicyclic) bond motifs is 11. The monoisotopic (exact) mass is 1300 g/mol. The lowest BCUT2D eigenvalue weighted by Crippen LogP contribution is -2.37. The number of nitrogens with zero attached hydrogens (tertiary/aromatic N) is 4. The molecule has 4 aromatic rings. The Morgan fingerprint density at radius 3 is 0.935 bits per heavy atom. The molecular formula is C70H107N7O16. The first kappa shape index (κ1) is 76.0. The van der Waals surface area contributed by atoms with Crippen molar-refractivity contribution in [1.29, 1.82) is 0 Å². The highest BCUT2D eigenvalue weighted by atomic mass is 16.6. The Kier molecular flexibility index (Phi) is 34.6. The number of amides is 2. The molecular weight excluding hydrogens is 1190 g/mol. The van der Waals surface area contributed by atoms with Crippen molar-refractivity contribution in [2.75, 3.05) is 200 Å². The second-order valence-corrected chi connectivity index (χ2v) is 22.8. The molecule has 23 nitrogen and oxygen atoms in total. The summed E-state index contributed by atoms with van der Waals surface area (Å²) >= 11 is 0. The number of nitrogens with one attached hydrogen (secondary N) is 3. The average molecular weight is 1300 g/mol. The third-order valence-electron chi connectivity index (χ3n) is 16.7. The van der Waals surface area contributed by atoms with E-state index >= 15 is 0 Å². The van der Waals surface area contributed by atoms with E-state index in [1.54, 1.807) is 38.2 Å². The molecule has 0 atom stereocenters. The smallest absolute Gasteiger partial charge is 0.409 e. The lowest BCUT2D eigenvalue weighted by Gasteiger charge is -2.22. The van der Waals surface area contributed by atoms with Crippen molar-refractivity contribution in [3.8, 4) is 0 Å². The standard InChI is InChI=1S/C70H107N7O16/c1-13-55-56(14-2)64-48-66-58(18-16-24-93-70(79)77(21-27-86-39-43-90-35-31-82-11)22-28-87-40-44-91-36-32-83-12)54(8)62(72-66)46-60-50(4)52(6)68(75-60)67-51(5)49(3)59(74-67)45-61-53(7)57(65(71-61)47-63(55)73-64)17-15-23-92-69(78)76(19-25-84-37-41-88-33-29-80-9)20-26-85-38-42-89-34-30-81-10/h45-48,71-73H,13-44H2,1-12H3. The maximum Gasteiger partial charge on any atom is 0.409 e. The number of hydrogen-bond donors (Lipinski definition) is 3. The van der Waals surface area contributed by atoms with Crippen LogP contribution in [0, 0.1) is 13.8 Å². The van der Waals surface area contributed by atoms with E-state index in [1.165, 1.54) is 11.1 Å². The fourth-order valence-corrected chi connectivity index (χ4v) is 11.0. The Labute approximate surface area is 550 Å². The van der Waals surface area contributed by atoms with Crippen molar-refractivity contribution in [3.05, 3.63) is 80.4 Å². The van der Waals surface area contributed by atoms with Gasteiger partial charge in [0, 0.05) is 87.7 Å². The summed E-state index contributed by atoms with van der Waals surface area (Å²) in [7, 11) is 6.54. The van der Waals surface area contributed by atoms with Crippen LogP contribution >= 0.6 is 0 Å². The van der Waals surface area contributed by atoms with Gasteiger partial charge >= 0.3 is 12.2 Å². The number of carbonyl (C=O) groups excluding carboxylic acids is 2. The summed E-state index contributed by atoms with van der Waals surface area (Å²) in [6, 6.07) is 8.78. The van der Waals surface area contributed by atoms with Crippen LogP contribution in [-0.4, -0.2) is 247 Å². The van der Waals surface area contributed by atoms with Crippen LogP contribution in [0.15, 0.2) is 24.3 Å². The lowest BCUT2D eigenvalue weighted by molar-refractivity contribution is 0.00800. The van der Waals surface area contributed by atoms with Gasteiger partial charge in [0.05, 0.1) is 168 Å². The molecule has 6 heterocycles. The second kappa shape index (κ2) is 42.4. The Hall–Kier alpha value is -6.06. The fourth-order valence-electron chi connectivity index (χ4n) is 11.0. The summed E-state index contributed by atoms with van der Waals surface area (Å²) in [5.41, 5.74) is 20.5. The molecule has 2 amide bonds. The first-order valence-corrected chi connectivity index (χ1v) is 33.0. The number of methoxy groups -OCH3 is 4. The molecule has 93 heavy (non-hydrogen) atoms. The van der Waals surface area contributed by atoms with Gasteiger partial charge in [-0.05, 0) is 160 Å². The van der Waals surface area contributed by atoms with Gasteiger partial charge in [-0.1, -0.05) is 13.8 Å². The minimum Gasteiger partial charge on any atom is -0.449 e. The number of rotatable bonds is 46. The molecule has 0 radical (unpaired) electrons. The van der Waals surface area contributed by atoms with E-state index in [0.29, 0.717) is 184 Å². The molecule has 4 aromatic heterocycles. The van der Waals surface area contributed by atoms with E-state index in [9.17, 15) is 9.59 Å². The zero-order valence-electron chi connectivity index (χ0n) is 57.8. The van der Waals surface area contributed by atoms with Gasteiger partial charge in [-0.15, -0.1) is 0 Å². The third kappa shape index (κ3) is 23.7. The molecule has 2 aliphatic rings. The van der Waals surface area contributed by atoms with E-state index in [2.05, 4.69) is 94.6 Å². The van der Waals surface area contributed by atoms with Crippen molar-refractivity contribution >= 4 is 67.6 Å². The second-order valence-electron chi connectivity index (χ2n) is 22.8. The van der Waals surface area contributed by atoms with E-state index in [1.807, 2.05) is 0 Å². The zero-order chi connectivity index (χ0) is 66.7. The number of ether oxygens (including phenoxy) is 14. The number of aromatic amines is 3. The van der Waals surface area contributed by atoms with E-state index in [4.69, 9.17) is 76.3 Å². The van der Waals surface area contributed by atoms with Gasteiger partial charge in [-0.3, -0.25) is 0 Å². The van der Waals surface area contributed by atoms with Crippen molar-refractivity contribution in [2.24, 2.45) is 0 Å². The van der Waals surface area contributed by atoms with Gasteiger partial charge in [0.25, 0.3) is 0 Å². The molecule has 0 aliphatic carbocycles. The molecule has 2 aliphatic heterocycles. The van der Waals surface area contributed by atoms with E-state index < -0.39 is 12.2 Å². The quantitative estimate of drug-likeness (QED) is 0.0348. The minimum atomic E-state index is -0.434. The predicted octanol–water partition coefficient (Wildman–Crippen LogP) is 10.5. The van der Waals surface area contributed by atoms with Crippen LogP contribution in [0.1, 0.15) is 111 Å². The molecule has 23 heteroatoms. The fraction of sp³-hybridized carbons (Fsp3) is 0.629. The van der Waals surface area contributed by atoms with Gasteiger partial charge in [0.1, 0.15) is 0 Å². The van der Waals surface area contributed by atoms with Crippen LogP contribution in [0.4, 0.5) is 9.59 Å². The SMILES string of the molecule is CCc1c(CC)c2cc3[nH]c(cc4nc(c5nc(cc6[nH]c(cc1[nH]2)c(CCCOC(=O)N(CCOCCOCCOC)CCOCCOCCOC)c6C)C(C)=C5C)C(C)=C4C)c(C)c3CCCOC(=O)N(CCOCCOCCOC)CCOCCOCCOC. The number of allylic oxidation sites excluding steroid dienone is 4. The van der Waals surface area contributed by atoms with Crippen molar-refractivity contribution in [3.63, 3.8) is 0 Å². The van der Waals surface area contributed by atoms with Crippen molar-refractivity contribution in [1.82, 2.24) is 34.7 Å². The summed E-state index contributed by atoms with van der Waals surface area (Å²) in [4.78, 5) is 53.1. The van der Waals surface area contributed by atoms with Crippen LogP contribution in [0.3, 0.4) is 0 Å². The molecule has 0 saturated carbocycles. The molecule has 0 unspecified atom stereocenters. The van der Waals surface area contributed by atoms with Gasteiger partial charge < -0.3 is 91.1 Å². The maximum absolute atomic E-state index is 13.8. The summed E-state index contributed by atoms with van der Waals surface area (Å²) in [5, 5.41) is 0. The highest BCUT2D eigenvalue weighted by Crippen LogP contribution is 2.38. The summed E-state index contributed by atoms with van der Waals surface area (Å²) in [6.45, 7) is 27.4. The first-order chi connectivity index (χ1) is 45.3. The van der Waals surface area contributed by atoms with Crippen molar-refractivity contribution in [2.45, 2.75) is 93.9 Å². The average Bonchev–Trinajstić information content (AvgIpc) is 1.64. The third-order valence-corrected chi connectivity index (χ3v) is 16.7. The lowest BCUT2D eigenvalue weighted by atomic mass is 10.0. The van der Waals surface area contributed by atoms with Crippen LogP contribution in [-0.2, 0) is 92.0 Å². The summed E-state index contributed by atoms with van der Waals surface area (Å²) < 4.78 is 77.8. The highest BCUT2D eigenvalue weighted by Gasteiger charge is 2.24. The number of H-pyrrole nitrogens is 3. The molecule has 0 saturated heterocycles. The zero-order valence-corrected chi connectivity index (χ0v) is 57.8. The number of hydrogen-bond acceptors (Lipinski definition) is 18. The highest BCUT2D eigenvalue weighted by molar-refractivity contribution is 5.99. The number of aryl methyl sites for hydroxylation is 6. The molecule has 10 bridgehead atoms. The molecule has 518 valence electrons. The molecule has 0 fully saturated rings. The first-order valence-electron chi connectivity index (χ1n) is 33.0. The van der Waals surface area contributed by atoms with Crippen LogP contribution < -0.4 is 0 Å². The van der Waals surface area contributed by atoms with Crippen molar-refractivity contribution < 1.29 is 75.9 Å². The Morgan fingerprint density at radius 1 is 0.355 bits per heavy atom. The Morgan fingerprint density at radius 2 is 0.634 bits per heavy atom. The van der Waals surface area contributed by atoms with E-state index in [-0.39, 0.29) is 13.2 Å². The topological polar surface area (TPSA) is 243 Å². The van der Waals surface area contributed by atoms with Gasteiger partial charge in [-0.2, -0.15) is 0 Å². The summed E-state index contributed by atoms with van der Waals surface area (Å²) in [5.74, 6) is 0. The summed E-state index contributed by atoms with van der Waals surface area (Å²) in [6.07, 6.45) is 3.13. The molecule has 0 spiro atoms. The van der Waals surface area contributed by atoms with Crippen LogP contribution in [0.2, 0.25) is 0 Å². The predicted molar refractivity (Wildman–Crippen MR) is 363 cm³/mol. The Bertz CT molecular complexity index is 2960. The normalized spacial score (nSPS) is 12.5. The van der Waals surface area contributed by atoms with Crippen LogP contribution in [0.5, 0.6) is 0 Å². The van der Waals surface area contributed by atoms with Gasteiger partial charge in [0.15, 0.2) is 0 Å². The number of aromatic nitrogens is 5. The van der Waals surface area contributed by atoms with Crippen LogP contribution in [0.25, 0.3) is 55.4 Å². The largest absolute Gasteiger partial charge is 0.449 e. The van der Waals surface area contributed by atoms with Gasteiger partial charge in [-0.25, -0.2) is 19.6 Å². The number of carbonyl (C=O) groups is 2. The van der Waals surface area contributed by atoms with Gasteiger partial charge in [0.2, 0.25) is 0 Å². The minimum absolute atomic E-state index is 0.200. The molecule has 6 rings (SSSR count). The molecule has 3 N–H and O–H groups in total.